The molecular weight excluding hydrogens is 299 g/mol. The Morgan fingerprint density at radius 2 is 0.900 bits per heavy atom. The first-order chi connectivity index (χ1) is 8.95. The molecule has 0 atom stereocenters. The van der Waals surface area contributed by atoms with Crippen molar-refractivity contribution in [1.29, 1.82) is 0 Å². The van der Waals surface area contributed by atoms with E-state index in [9.17, 15) is 0 Å². The molecule has 0 N–H and O–H groups in total. The van der Waals surface area contributed by atoms with Crippen LogP contribution < -0.4 is 33.9 Å². The quantitative estimate of drug-likeness (QED) is 0.377. The zero-order valence-electron chi connectivity index (χ0n) is 11.1. The molecule has 0 amide bonds. The van der Waals surface area contributed by atoms with Gasteiger partial charge in [0.15, 0.2) is 24.8 Å². The van der Waals surface area contributed by atoms with Crippen molar-refractivity contribution in [3.63, 3.8) is 0 Å². The van der Waals surface area contributed by atoms with E-state index in [-0.39, 0.29) is 24.8 Å². The number of hydrogen-bond acceptors (Lipinski definition) is 2. The molecule has 0 bridgehead atoms. The van der Waals surface area contributed by atoms with Crippen LogP contribution in [0.2, 0.25) is 0 Å². The Labute approximate surface area is 131 Å². The van der Waals surface area contributed by atoms with Crippen LogP contribution in [0.25, 0.3) is 0 Å². The lowest BCUT2D eigenvalue weighted by Gasteiger charge is -2.01. The smallest absolute Gasteiger partial charge is 0.252 e. The van der Waals surface area contributed by atoms with E-state index in [0.717, 1.165) is 0 Å². The van der Waals surface area contributed by atoms with Crippen LogP contribution in [0.3, 0.4) is 0 Å². The molecule has 2 rings (SSSR count). The van der Waals surface area contributed by atoms with Crippen molar-refractivity contribution in [2.75, 3.05) is 13.2 Å². The minimum absolute atomic E-state index is 0. The van der Waals surface area contributed by atoms with Gasteiger partial charge in [0.25, 0.3) is 13.5 Å². The second-order valence-corrected chi connectivity index (χ2v) is 3.85. The number of nitrogens with zero attached hydrogens (tertiary/aromatic N) is 2. The summed E-state index contributed by atoms with van der Waals surface area (Å²) in [6, 6.07) is 11.9. The summed E-state index contributed by atoms with van der Waals surface area (Å²) in [5.41, 5.74) is 0. The molecule has 0 radical (unpaired) electrons. The lowest BCUT2D eigenvalue weighted by molar-refractivity contribution is -0.737. The zero-order valence-corrected chi connectivity index (χ0v) is 12.6. The highest BCUT2D eigenvalue weighted by Gasteiger charge is 1.99. The van der Waals surface area contributed by atoms with Crippen molar-refractivity contribution in [3.05, 3.63) is 61.2 Å². The van der Waals surface area contributed by atoms with Gasteiger partial charge in [0.1, 0.15) is 0 Å². The first-order valence-corrected chi connectivity index (χ1v) is 5.99. The number of hydrogen-bond donors (Lipinski definition) is 0. The van der Waals surface area contributed by atoms with E-state index in [1.54, 1.807) is 0 Å². The van der Waals surface area contributed by atoms with Gasteiger partial charge in [-0.05, 0) is 0 Å². The largest absolute Gasteiger partial charge is 1.00 e. The van der Waals surface area contributed by atoms with Crippen molar-refractivity contribution in [2.24, 2.45) is 0 Å². The van der Waals surface area contributed by atoms with Crippen LogP contribution in [0, 0.1) is 0 Å². The van der Waals surface area contributed by atoms with Gasteiger partial charge in [0.2, 0.25) is 0 Å². The fraction of sp³-hybridized carbons (Fsp3) is 0.286. The summed E-state index contributed by atoms with van der Waals surface area (Å²) < 4.78 is 14.9. The van der Waals surface area contributed by atoms with Gasteiger partial charge in [-0.3, -0.25) is 0 Å². The van der Waals surface area contributed by atoms with Crippen molar-refractivity contribution in [1.82, 2.24) is 0 Å². The van der Waals surface area contributed by atoms with Crippen LogP contribution in [-0.4, -0.2) is 13.2 Å². The Bertz CT molecular complexity index is 400. The van der Waals surface area contributed by atoms with Gasteiger partial charge in [-0.1, -0.05) is 12.1 Å². The van der Waals surface area contributed by atoms with Gasteiger partial charge >= 0.3 is 0 Å². The summed E-state index contributed by atoms with van der Waals surface area (Å²) >= 11 is 0. The van der Waals surface area contributed by atoms with Crippen molar-refractivity contribution in [2.45, 2.75) is 13.5 Å². The predicted octanol–water partition coefficient (Wildman–Crippen LogP) is -5.08. The van der Waals surface area contributed by atoms with E-state index in [1.165, 1.54) is 0 Å². The normalized spacial score (nSPS) is 9.40. The Morgan fingerprint density at radius 3 is 1.25 bits per heavy atom. The highest BCUT2D eigenvalue weighted by atomic mass is 35.5. The van der Waals surface area contributed by atoms with E-state index in [2.05, 4.69) is 0 Å². The summed E-state index contributed by atoms with van der Waals surface area (Å²) in [6.45, 7) is 2.30. The molecule has 0 saturated carbocycles. The Kier molecular flexibility index (Phi) is 10.9. The summed E-state index contributed by atoms with van der Waals surface area (Å²) in [5.74, 6) is 0. The Balaban J connectivity index is 0.00000180. The van der Waals surface area contributed by atoms with Crippen LogP contribution in [0.5, 0.6) is 0 Å². The number of halogens is 2. The third kappa shape index (κ3) is 7.40. The minimum atomic E-state index is 0. The number of ether oxygens (including phenoxy) is 2. The monoisotopic (exact) mass is 316 g/mol. The highest BCUT2D eigenvalue weighted by molar-refractivity contribution is 4.83. The fourth-order valence-corrected chi connectivity index (χ4v) is 1.50. The topological polar surface area (TPSA) is 26.2 Å². The van der Waals surface area contributed by atoms with E-state index in [4.69, 9.17) is 9.47 Å². The van der Waals surface area contributed by atoms with Crippen molar-refractivity contribution in [3.8, 4) is 0 Å². The predicted molar refractivity (Wildman–Crippen MR) is 65.2 cm³/mol. The first kappa shape index (κ1) is 18.8. The molecule has 0 aliphatic heterocycles. The van der Waals surface area contributed by atoms with Crippen LogP contribution >= 0.6 is 0 Å². The molecule has 0 aliphatic rings. The second kappa shape index (κ2) is 11.6. The molecular formula is C14H18Cl2N2O2. The fourth-order valence-electron chi connectivity index (χ4n) is 1.50. The average molecular weight is 317 g/mol. The van der Waals surface area contributed by atoms with Gasteiger partial charge in [-0.2, -0.15) is 9.13 Å². The minimum Gasteiger partial charge on any atom is -1.00 e. The van der Waals surface area contributed by atoms with E-state index in [0.29, 0.717) is 26.7 Å². The molecule has 2 aromatic rings. The van der Waals surface area contributed by atoms with Gasteiger partial charge in [-0.25, -0.2) is 0 Å². The van der Waals surface area contributed by atoms with Gasteiger partial charge in [-0.15, -0.1) is 0 Å². The van der Waals surface area contributed by atoms with Crippen LogP contribution in [0.1, 0.15) is 0 Å². The molecule has 0 fully saturated rings. The van der Waals surface area contributed by atoms with E-state index in [1.807, 2.05) is 70.3 Å². The third-order valence-corrected chi connectivity index (χ3v) is 2.41. The molecule has 20 heavy (non-hydrogen) atoms. The lowest BCUT2D eigenvalue weighted by Crippen LogP contribution is -3.00. The molecule has 110 valence electrons. The number of rotatable bonds is 7. The maximum absolute atomic E-state index is 5.49. The van der Waals surface area contributed by atoms with E-state index < -0.39 is 0 Å². The van der Waals surface area contributed by atoms with Crippen molar-refractivity contribution < 1.29 is 43.4 Å². The number of pyridine rings is 2. The van der Waals surface area contributed by atoms with E-state index >= 15 is 0 Å². The standard InChI is InChI=1S/C14H18N2O2.2ClH/c1-3-7-15(8-4-1)13-17-11-12-18-14-16-9-5-2-6-10-16;;/h1-10H,11-14H2;2*1H/q+2;;/p-2. The molecule has 0 spiro atoms. The third-order valence-electron chi connectivity index (χ3n) is 2.41. The van der Waals surface area contributed by atoms with Crippen LogP contribution in [0.15, 0.2) is 61.2 Å². The van der Waals surface area contributed by atoms with Crippen LogP contribution in [-0.2, 0) is 22.9 Å². The van der Waals surface area contributed by atoms with Gasteiger partial charge in [0, 0.05) is 24.3 Å². The second-order valence-electron chi connectivity index (χ2n) is 3.85. The zero-order chi connectivity index (χ0) is 12.5. The Hall–Kier alpha value is -1.20. The molecule has 2 heterocycles. The highest BCUT2D eigenvalue weighted by Crippen LogP contribution is 1.82. The molecule has 0 unspecified atom stereocenters. The maximum atomic E-state index is 5.49. The average Bonchev–Trinajstić information content (AvgIpc) is 2.45. The summed E-state index contributed by atoms with van der Waals surface area (Å²) in [5, 5.41) is 0. The van der Waals surface area contributed by atoms with Crippen molar-refractivity contribution >= 4 is 0 Å². The number of aromatic nitrogens is 2. The van der Waals surface area contributed by atoms with Gasteiger partial charge in [0.05, 0.1) is 13.2 Å². The summed E-state index contributed by atoms with van der Waals surface area (Å²) in [6.07, 6.45) is 7.89. The maximum Gasteiger partial charge on any atom is 0.252 e. The molecule has 0 saturated heterocycles. The SMILES string of the molecule is [Cl-].[Cl-].c1cc[n+](COCCOC[n+]2ccccc2)cc1. The lowest BCUT2D eigenvalue weighted by atomic mass is 10.5. The molecule has 2 aromatic heterocycles. The summed E-state index contributed by atoms with van der Waals surface area (Å²) in [4.78, 5) is 0. The van der Waals surface area contributed by atoms with Crippen LogP contribution in [0.4, 0.5) is 0 Å². The molecule has 4 nitrogen and oxygen atoms in total. The first-order valence-electron chi connectivity index (χ1n) is 5.99. The molecule has 0 aromatic carbocycles. The Morgan fingerprint density at radius 1 is 0.550 bits per heavy atom. The van der Waals surface area contributed by atoms with Gasteiger partial charge < -0.3 is 34.3 Å². The molecule has 6 heteroatoms. The summed E-state index contributed by atoms with van der Waals surface area (Å²) in [7, 11) is 0. The molecule has 0 aliphatic carbocycles.